The number of fused-ring (bicyclic) bond motifs is 1. The molecule has 0 spiro atoms. The molecule has 0 aromatic carbocycles. The molecule has 3 rings (SSSR count). The van der Waals surface area contributed by atoms with Crippen LogP contribution in [0, 0.1) is 0 Å². The van der Waals surface area contributed by atoms with Crippen LogP contribution in [0.5, 0.6) is 0 Å². The van der Waals surface area contributed by atoms with E-state index in [0.29, 0.717) is 11.2 Å². The summed E-state index contributed by atoms with van der Waals surface area (Å²) in [7, 11) is 0. The molecule has 0 amide bonds. The van der Waals surface area contributed by atoms with Crippen molar-refractivity contribution < 1.29 is 5.11 Å². The number of anilines is 1. The van der Waals surface area contributed by atoms with E-state index in [1.54, 1.807) is 29.9 Å². The molecule has 1 fully saturated rings. The Morgan fingerprint density at radius 3 is 3.11 bits per heavy atom. The lowest BCUT2D eigenvalue weighted by molar-refractivity contribution is 0.316. The Kier molecular flexibility index (Phi) is 3.27. The van der Waals surface area contributed by atoms with Crippen LogP contribution in [0.25, 0.3) is 11.2 Å². The number of halogens is 1. The summed E-state index contributed by atoms with van der Waals surface area (Å²) in [5, 5.41) is 9.60. The van der Waals surface area contributed by atoms with E-state index in [4.69, 9.17) is 22.4 Å². The van der Waals surface area contributed by atoms with Crippen LogP contribution in [-0.4, -0.2) is 41.6 Å². The predicted molar refractivity (Wildman–Crippen MR) is 74.7 cm³/mol. The average Bonchev–Trinajstić information content (AvgIpc) is 2.93. The van der Waals surface area contributed by atoms with Gasteiger partial charge in [0.15, 0.2) is 10.8 Å². The first-order valence-corrected chi connectivity index (χ1v) is 7.59. The fourth-order valence-electron chi connectivity index (χ4n) is 1.79. The second-order valence-electron chi connectivity index (χ2n) is 3.73. The average molecular weight is 304 g/mol. The van der Waals surface area contributed by atoms with Crippen molar-refractivity contribution in [2.24, 2.45) is 0 Å². The predicted octanol–water partition coefficient (Wildman–Crippen LogP) is 1.36. The highest BCUT2D eigenvalue weighted by Crippen LogP contribution is 2.44. The number of hydrogen-bond acceptors (Lipinski definition) is 7. The van der Waals surface area contributed by atoms with E-state index < -0.39 is 0 Å². The molecule has 3 N–H and O–H groups in total. The van der Waals surface area contributed by atoms with Gasteiger partial charge in [-0.25, -0.2) is 4.98 Å². The molecule has 2 aromatic heterocycles. The molecule has 2 aromatic rings. The highest BCUT2D eigenvalue weighted by Gasteiger charge is 2.28. The summed E-state index contributed by atoms with van der Waals surface area (Å²) in [6.07, 6.45) is 1.70. The van der Waals surface area contributed by atoms with Gasteiger partial charge in [-0.1, -0.05) is 11.6 Å². The van der Waals surface area contributed by atoms with Crippen LogP contribution < -0.4 is 5.73 Å². The summed E-state index contributed by atoms with van der Waals surface area (Å²) in [5.41, 5.74) is 6.81. The van der Waals surface area contributed by atoms with Crippen molar-refractivity contribution in [2.75, 3.05) is 18.1 Å². The van der Waals surface area contributed by atoms with Gasteiger partial charge in [0.1, 0.15) is 5.52 Å². The Morgan fingerprint density at radius 2 is 2.39 bits per heavy atom. The van der Waals surface area contributed by atoms with Crippen LogP contribution in [-0.2, 0) is 0 Å². The van der Waals surface area contributed by atoms with Gasteiger partial charge < -0.3 is 15.4 Å². The number of aliphatic hydroxyl groups excluding tert-OH is 1. The van der Waals surface area contributed by atoms with E-state index in [9.17, 15) is 0 Å². The second kappa shape index (κ2) is 4.76. The van der Waals surface area contributed by atoms with Gasteiger partial charge in [-0.2, -0.15) is 9.97 Å². The van der Waals surface area contributed by atoms with E-state index in [-0.39, 0.29) is 27.7 Å². The molecule has 2 unspecified atom stereocenters. The zero-order valence-electron chi connectivity index (χ0n) is 9.15. The van der Waals surface area contributed by atoms with Crippen LogP contribution >= 0.6 is 35.1 Å². The van der Waals surface area contributed by atoms with Gasteiger partial charge in [-0.05, 0) is 0 Å². The van der Waals surface area contributed by atoms with Gasteiger partial charge in [-0.15, -0.1) is 23.5 Å². The molecule has 6 nitrogen and oxygen atoms in total. The number of thioether (sulfide) groups is 2. The van der Waals surface area contributed by atoms with Crippen molar-refractivity contribution in [3.63, 3.8) is 0 Å². The number of nitrogens with zero attached hydrogens (tertiary/aromatic N) is 4. The lowest BCUT2D eigenvalue weighted by Gasteiger charge is -2.11. The van der Waals surface area contributed by atoms with Crippen LogP contribution in [0.1, 0.15) is 5.37 Å². The van der Waals surface area contributed by atoms with E-state index in [1.165, 1.54) is 0 Å². The molecular formula is C9H10ClN5OS2. The second-order valence-corrected chi connectivity index (χ2v) is 7.01. The molecule has 9 heteroatoms. The molecule has 0 radical (unpaired) electrons. The molecule has 96 valence electrons. The molecule has 1 aliphatic rings. The van der Waals surface area contributed by atoms with Crippen molar-refractivity contribution in [3.05, 3.63) is 11.5 Å². The maximum Gasteiger partial charge on any atom is 0.223 e. The number of aromatic nitrogens is 4. The number of hydrogen-bond donors (Lipinski definition) is 2. The normalized spacial score (nSPS) is 23.9. The van der Waals surface area contributed by atoms with Gasteiger partial charge in [0, 0.05) is 5.75 Å². The Labute approximate surface area is 116 Å². The summed E-state index contributed by atoms with van der Waals surface area (Å²) in [5.74, 6) is 1.03. The SMILES string of the molecule is Nc1nc(Cl)c2ncn(C3CSC(CO)S3)c2n1. The largest absolute Gasteiger partial charge is 0.394 e. The number of imidazole rings is 1. The summed E-state index contributed by atoms with van der Waals surface area (Å²) in [6, 6.07) is 0. The smallest absolute Gasteiger partial charge is 0.223 e. The third kappa shape index (κ3) is 2.03. The number of rotatable bonds is 2. The minimum Gasteiger partial charge on any atom is -0.394 e. The maximum absolute atomic E-state index is 9.15. The van der Waals surface area contributed by atoms with E-state index in [1.807, 2.05) is 4.57 Å². The summed E-state index contributed by atoms with van der Waals surface area (Å²) < 4.78 is 2.13. The number of nitrogens with two attached hydrogens (primary N) is 1. The van der Waals surface area contributed by atoms with E-state index in [2.05, 4.69) is 15.0 Å². The molecule has 2 atom stereocenters. The lowest BCUT2D eigenvalue weighted by Crippen LogP contribution is -2.06. The molecular weight excluding hydrogens is 294 g/mol. The van der Waals surface area contributed by atoms with Gasteiger partial charge in [0.25, 0.3) is 0 Å². The molecule has 3 heterocycles. The fourth-order valence-corrected chi connectivity index (χ4v) is 4.87. The quantitative estimate of drug-likeness (QED) is 0.810. The van der Waals surface area contributed by atoms with Crippen LogP contribution in [0.15, 0.2) is 6.33 Å². The van der Waals surface area contributed by atoms with Gasteiger partial charge in [0.2, 0.25) is 5.95 Å². The van der Waals surface area contributed by atoms with Crippen LogP contribution in [0.2, 0.25) is 5.15 Å². The first-order chi connectivity index (χ1) is 8.69. The van der Waals surface area contributed by atoms with Crippen LogP contribution in [0.3, 0.4) is 0 Å². The Hall–Kier alpha value is -0.700. The minimum atomic E-state index is 0.142. The molecule has 0 saturated carbocycles. The lowest BCUT2D eigenvalue weighted by atomic mass is 10.5. The standard InChI is InChI=1S/C9H10ClN5OS2/c10-7-6-8(14-9(11)13-7)15(3-12-6)4-2-17-5(1-16)18-4/h3-5,16H,1-2H2,(H2,11,13,14). The van der Waals surface area contributed by atoms with Crippen molar-refractivity contribution >= 4 is 52.2 Å². The Bertz CT molecular complexity index is 592. The van der Waals surface area contributed by atoms with Gasteiger partial charge in [0.05, 0.1) is 22.9 Å². The van der Waals surface area contributed by atoms with Crippen molar-refractivity contribution in [3.8, 4) is 0 Å². The highest BCUT2D eigenvalue weighted by molar-refractivity contribution is 8.20. The number of aliphatic hydroxyl groups is 1. The molecule has 18 heavy (non-hydrogen) atoms. The Morgan fingerprint density at radius 1 is 1.56 bits per heavy atom. The van der Waals surface area contributed by atoms with E-state index in [0.717, 1.165) is 5.75 Å². The first kappa shape index (κ1) is 12.3. The first-order valence-electron chi connectivity index (χ1n) is 5.22. The van der Waals surface area contributed by atoms with E-state index >= 15 is 0 Å². The molecule has 0 aliphatic carbocycles. The van der Waals surface area contributed by atoms with Crippen molar-refractivity contribution in [2.45, 2.75) is 9.96 Å². The molecule has 0 bridgehead atoms. The molecule has 1 saturated heterocycles. The molecule has 1 aliphatic heterocycles. The minimum absolute atomic E-state index is 0.142. The highest BCUT2D eigenvalue weighted by atomic mass is 35.5. The van der Waals surface area contributed by atoms with Gasteiger partial charge >= 0.3 is 0 Å². The fraction of sp³-hybridized carbons (Fsp3) is 0.444. The zero-order valence-corrected chi connectivity index (χ0v) is 11.5. The van der Waals surface area contributed by atoms with Gasteiger partial charge in [-0.3, -0.25) is 0 Å². The monoisotopic (exact) mass is 303 g/mol. The third-order valence-electron chi connectivity index (χ3n) is 2.59. The Balaban J connectivity index is 2.03. The summed E-state index contributed by atoms with van der Waals surface area (Å²) >= 11 is 9.39. The van der Waals surface area contributed by atoms with Crippen molar-refractivity contribution in [1.29, 1.82) is 0 Å². The zero-order chi connectivity index (χ0) is 12.7. The topological polar surface area (TPSA) is 89.8 Å². The number of nitrogen functional groups attached to an aromatic ring is 1. The summed E-state index contributed by atoms with van der Waals surface area (Å²) in [6.45, 7) is 0.163. The van der Waals surface area contributed by atoms with Crippen LogP contribution in [0.4, 0.5) is 5.95 Å². The summed E-state index contributed by atoms with van der Waals surface area (Å²) in [4.78, 5) is 12.3. The third-order valence-corrected chi connectivity index (χ3v) is 5.99. The van der Waals surface area contributed by atoms with Crippen molar-refractivity contribution in [1.82, 2.24) is 19.5 Å². The maximum atomic E-state index is 9.15.